The molecule has 1 aromatic carbocycles. The van der Waals surface area contributed by atoms with Crippen LogP contribution in [0.15, 0.2) is 18.2 Å². The number of carbonyl (C=O) groups excluding carboxylic acids is 1. The van der Waals surface area contributed by atoms with Gasteiger partial charge in [-0.3, -0.25) is 4.79 Å². The summed E-state index contributed by atoms with van der Waals surface area (Å²) in [5, 5.41) is 3.06. The SMILES string of the molecule is COc1cc(N)cc(NC(C(N)=O)C(C)C)c1. The van der Waals surface area contributed by atoms with E-state index in [1.807, 2.05) is 13.8 Å². The predicted molar refractivity (Wildman–Crippen MR) is 68.8 cm³/mol. The van der Waals surface area contributed by atoms with Gasteiger partial charge >= 0.3 is 0 Å². The van der Waals surface area contributed by atoms with E-state index in [2.05, 4.69) is 5.32 Å². The fraction of sp³-hybridized carbons (Fsp3) is 0.417. The minimum absolute atomic E-state index is 0.0972. The Morgan fingerprint density at radius 1 is 1.35 bits per heavy atom. The van der Waals surface area contributed by atoms with Gasteiger partial charge in [0.1, 0.15) is 11.8 Å². The molecule has 1 atom stereocenters. The summed E-state index contributed by atoms with van der Waals surface area (Å²) in [6, 6.07) is 4.79. The van der Waals surface area contributed by atoms with Crippen molar-refractivity contribution in [1.29, 1.82) is 0 Å². The van der Waals surface area contributed by atoms with Crippen LogP contribution in [0.25, 0.3) is 0 Å². The molecule has 5 nitrogen and oxygen atoms in total. The van der Waals surface area contributed by atoms with Crippen LogP contribution in [0.3, 0.4) is 0 Å². The average Bonchev–Trinajstić information content (AvgIpc) is 2.24. The van der Waals surface area contributed by atoms with E-state index in [1.165, 1.54) is 0 Å². The van der Waals surface area contributed by atoms with Gasteiger partial charge in [0.2, 0.25) is 5.91 Å². The molecule has 0 saturated carbocycles. The number of nitrogens with two attached hydrogens (primary N) is 2. The van der Waals surface area contributed by atoms with Gasteiger partial charge in [0.15, 0.2) is 0 Å². The van der Waals surface area contributed by atoms with Crippen molar-refractivity contribution >= 4 is 17.3 Å². The molecule has 0 radical (unpaired) electrons. The Hall–Kier alpha value is -1.91. The third kappa shape index (κ3) is 3.55. The van der Waals surface area contributed by atoms with Crippen LogP contribution in [0, 0.1) is 5.92 Å². The van der Waals surface area contributed by atoms with Crippen LogP contribution >= 0.6 is 0 Å². The zero-order valence-electron chi connectivity index (χ0n) is 10.4. The largest absolute Gasteiger partial charge is 0.497 e. The fourth-order valence-corrected chi connectivity index (χ4v) is 1.57. The highest BCUT2D eigenvalue weighted by Crippen LogP contribution is 2.23. The third-order valence-electron chi connectivity index (χ3n) is 2.46. The molecule has 0 fully saturated rings. The minimum atomic E-state index is -0.429. The van der Waals surface area contributed by atoms with Crippen LogP contribution in [-0.4, -0.2) is 19.1 Å². The molecule has 1 amide bonds. The molecule has 1 rings (SSSR count). The lowest BCUT2D eigenvalue weighted by Gasteiger charge is -2.20. The molecule has 0 aliphatic carbocycles. The molecule has 5 N–H and O–H groups in total. The summed E-state index contributed by atoms with van der Waals surface area (Å²) < 4.78 is 5.10. The van der Waals surface area contributed by atoms with Crippen molar-refractivity contribution in [3.63, 3.8) is 0 Å². The van der Waals surface area contributed by atoms with Crippen LogP contribution in [-0.2, 0) is 4.79 Å². The van der Waals surface area contributed by atoms with E-state index in [0.717, 1.165) is 5.69 Å². The summed E-state index contributed by atoms with van der Waals surface area (Å²) in [5.74, 6) is 0.348. The highest BCUT2D eigenvalue weighted by atomic mass is 16.5. The first-order chi connectivity index (χ1) is 7.93. The van der Waals surface area contributed by atoms with E-state index < -0.39 is 6.04 Å². The first kappa shape index (κ1) is 13.2. The minimum Gasteiger partial charge on any atom is -0.497 e. The summed E-state index contributed by atoms with van der Waals surface area (Å²) in [5.41, 5.74) is 12.3. The summed E-state index contributed by atoms with van der Waals surface area (Å²) in [6.45, 7) is 3.85. The van der Waals surface area contributed by atoms with Crippen molar-refractivity contribution in [3.8, 4) is 5.75 Å². The molecule has 1 aromatic rings. The summed E-state index contributed by atoms with van der Waals surface area (Å²) in [7, 11) is 1.56. The monoisotopic (exact) mass is 237 g/mol. The molecule has 0 bridgehead atoms. The maximum atomic E-state index is 11.3. The Morgan fingerprint density at radius 2 is 2.00 bits per heavy atom. The standard InChI is InChI=1S/C12H19N3O2/c1-7(2)11(12(14)16)15-9-4-8(13)5-10(6-9)17-3/h4-7,11,15H,13H2,1-3H3,(H2,14,16). The summed E-state index contributed by atoms with van der Waals surface area (Å²) >= 11 is 0. The second kappa shape index (κ2) is 5.43. The van der Waals surface area contributed by atoms with Crippen molar-refractivity contribution in [2.24, 2.45) is 11.7 Å². The van der Waals surface area contributed by atoms with Crippen LogP contribution in [0.2, 0.25) is 0 Å². The number of nitrogens with one attached hydrogen (secondary N) is 1. The van der Waals surface area contributed by atoms with E-state index in [4.69, 9.17) is 16.2 Å². The van der Waals surface area contributed by atoms with Gasteiger partial charge in [-0.2, -0.15) is 0 Å². The quantitative estimate of drug-likeness (QED) is 0.671. The third-order valence-corrected chi connectivity index (χ3v) is 2.46. The maximum absolute atomic E-state index is 11.3. The van der Waals surface area contributed by atoms with Crippen LogP contribution in [0.4, 0.5) is 11.4 Å². The molecule has 17 heavy (non-hydrogen) atoms. The maximum Gasteiger partial charge on any atom is 0.240 e. The normalized spacial score (nSPS) is 12.2. The number of carbonyl (C=O) groups is 1. The van der Waals surface area contributed by atoms with Gasteiger partial charge in [-0.15, -0.1) is 0 Å². The van der Waals surface area contributed by atoms with Gasteiger partial charge in [-0.1, -0.05) is 13.8 Å². The number of ether oxygens (including phenoxy) is 1. The van der Waals surface area contributed by atoms with Crippen molar-refractivity contribution in [2.75, 3.05) is 18.2 Å². The zero-order chi connectivity index (χ0) is 13.0. The molecule has 5 heteroatoms. The summed E-state index contributed by atoms with van der Waals surface area (Å²) in [6.07, 6.45) is 0. The zero-order valence-corrected chi connectivity index (χ0v) is 10.4. The van der Waals surface area contributed by atoms with Gasteiger partial charge in [-0.05, 0) is 12.0 Å². The molecule has 94 valence electrons. The Labute approximate surface area is 101 Å². The van der Waals surface area contributed by atoms with Crippen molar-refractivity contribution in [2.45, 2.75) is 19.9 Å². The summed E-state index contributed by atoms with van der Waals surface area (Å²) in [4.78, 5) is 11.3. The van der Waals surface area contributed by atoms with E-state index >= 15 is 0 Å². The molecule has 0 aromatic heterocycles. The molecular weight excluding hydrogens is 218 g/mol. The Kier molecular flexibility index (Phi) is 4.20. The van der Waals surface area contributed by atoms with E-state index in [1.54, 1.807) is 25.3 Å². The van der Waals surface area contributed by atoms with Crippen molar-refractivity contribution < 1.29 is 9.53 Å². The van der Waals surface area contributed by atoms with Gasteiger partial charge in [-0.25, -0.2) is 0 Å². The van der Waals surface area contributed by atoms with Crippen LogP contribution < -0.4 is 21.5 Å². The molecule has 0 spiro atoms. The van der Waals surface area contributed by atoms with Gasteiger partial charge < -0.3 is 21.5 Å². The molecule has 0 heterocycles. The van der Waals surface area contributed by atoms with Gasteiger partial charge in [0.05, 0.1) is 7.11 Å². The topological polar surface area (TPSA) is 90.4 Å². The van der Waals surface area contributed by atoms with Gasteiger partial charge in [0, 0.05) is 23.5 Å². The number of anilines is 2. The Bertz CT molecular complexity index is 405. The number of amides is 1. The highest BCUT2D eigenvalue weighted by Gasteiger charge is 2.19. The lowest BCUT2D eigenvalue weighted by molar-refractivity contribution is -0.119. The fourth-order valence-electron chi connectivity index (χ4n) is 1.57. The number of hydrogen-bond donors (Lipinski definition) is 3. The smallest absolute Gasteiger partial charge is 0.240 e. The molecule has 1 unspecified atom stereocenters. The average molecular weight is 237 g/mol. The Morgan fingerprint density at radius 3 is 2.47 bits per heavy atom. The number of nitrogen functional groups attached to an aromatic ring is 1. The van der Waals surface area contributed by atoms with Crippen LogP contribution in [0.1, 0.15) is 13.8 Å². The number of methoxy groups -OCH3 is 1. The lowest BCUT2D eigenvalue weighted by atomic mass is 10.0. The number of hydrogen-bond acceptors (Lipinski definition) is 4. The molecule has 0 saturated heterocycles. The molecule has 0 aliphatic rings. The first-order valence-electron chi connectivity index (χ1n) is 5.44. The van der Waals surface area contributed by atoms with Crippen molar-refractivity contribution in [3.05, 3.63) is 18.2 Å². The van der Waals surface area contributed by atoms with E-state index in [0.29, 0.717) is 11.4 Å². The van der Waals surface area contributed by atoms with Crippen LogP contribution in [0.5, 0.6) is 5.75 Å². The second-order valence-corrected chi connectivity index (χ2v) is 4.26. The Balaban J connectivity index is 2.93. The molecule has 0 aliphatic heterocycles. The number of rotatable bonds is 5. The number of primary amides is 1. The van der Waals surface area contributed by atoms with Gasteiger partial charge in [0.25, 0.3) is 0 Å². The number of benzene rings is 1. The van der Waals surface area contributed by atoms with E-state index in [9.17, 15) is 4.79 Å². The first-order valence-corrected chi connectivity index (χ1v) is 5.44. The second-order valence-electron chi connectivity index (χ2n) is 4.26. The predicted octanol–water partition coefficient (Wildman–Crippen LogP) is 1.20. The lowest BCUT2D eigenvalue weighted by Crippen LogP contribution is -2.39. The van der Waals surface area contributed by atoms with Crippen molar-refractivity contribution in [1.82, 2.24) is 0 Å². The van der Waals surface area contributed by atoms with E-state index in [-0.39, 0.29) is 11.8 Å². The molecular formula is C12H19N3O2. The highest BCUT2D eigenvalue weighted by molar-refractivity contribution is 5.83.